The largest absolute Gasteiger partial charge is 0.478 e. The molecular formula is C26H32N2O4S. The van der Waals surface area contributed by atoms with Crippen LogP contribution < -0.4 is 5.32 Å². The summed E-state index contributed by atoms with van der Waals surface area (Å²) in [6, 6.07) is 7.41. The van der Waals surface area contributed by atoms with E-state index >= 15 is 0 Å². The maximum Gasteiger partial charge on any atom is 0.339 e. The highest BCUT2D eigenvalue weighted by Crippen LogP contribution is 2.38. The molecule has 0 spiro atoms. The molecule has 33 heavy (non-hydrogen) atoms. The number of hydrogen-bond donors (Lipinski definition) is 2. The van der Waals surface area contributed by atoms with Crippen LogP contribution in [0.2, 0.25) is 0 Å². The molecule has 1 aromatic carbocycles. The molecule has 6 nitrogen and oxygen atoms in total. The van der Waals surface area contributed by atoms with Crippen LogP contribution in [0.1, 0.15) is 89.6 Å². The van der Waals surface area contributed by atoms with E-state index in [1.807, 2.05) is 17.0 Å². The van der Waals surface area contributed by atoms with Gasteiger partial charge in [-0.15, -0.1) is 11.3 Å². The third-order valence-corrected chi connectivity index (χ3v) is 7.91. The van der Waals surface area contributed by atoms with E-state index < -0.39 is 5.97 Å². The molecule has 1 fully saturated rings. The summed E-state index contributed by atoms with van der Waals surface area (Å²) in [4.78, 5) is 40.7. The van der Waals surface area contributed by atoms with Crippen molar-refractivity contribution >= 4 is 34.1 Å². The molecule has 4 rings (SSSR count). The Hall–Kier alpha value is -2.67. The number of benzene rings is 1. The third-order valence-electron chi connectivity index (χ3n) is 6.78. The molecule has 2 heterocycles. The molecule has 0 saturated heterocycles. The average molecular weight is 469 g/mol. The van der Waals surface area contributed by atoms with E-state index in [1.54, 1.807) is 12.1 Å². The maximum atomic E-state index is 13.0. The molecule has 1 aromatic heterocycles. The summed E-state index contributed by atoms with van der Waals surface area (Å²) in [5, 5.41) is 13.1. The van der Waals surface area contributed by atoms with Crippen molar-refractivity contribution in [1.29, 1.82) is 0 Å². The SMILES string of the molecule is CC(C)(C)c1ccc(C(=O)Nc2sc3c(c2C(=O)O)CCN(C(=O)C2CCCCC2)C3)cc1. The molecule has 7 heteroatoms. The van der Waals surface area contributed by atoms with Crippen molar-refractivity contribution in [3.63, 3.8) is 0 Å². The molecule has 0 atom stereocenters. The minimum absolute atomic E-state index is 0.0147. The van der Waals surface area contributed by atoms with Crippen LogP contribution in [0.3, 0.4) is 0 Å². The summed E-state index contributed by atoms with van der Waals surface area (Å²) in [5.41, 5.74) is 2.51. The summed E-state index contributed by atoms with van der Waals surface area (Å²) < 4.78 is 0. The second-order valence-corrected chi connectivity index (χ2v) is 11.2. The van der Waals surface area contributed by atoms with Crippen LogP contribution in [0.4, 0.5) is 5.00 Å². The Labute approximate surface area is 199 Å². The first-order chi connectivity index (χ1) is 15.6. The number of carboxylic acids is 1. The quantitative estimate of drug-likeness (QED) is 0.624. The number of amides is 2. The molecular weight excluding hydrogens is 436 g/mol. The van der Waals surface area contributed by atoms with Gasteiger partial charge >= 0.3 is 5.97 Å². The first-order valence-electron chi connectivity index (χ1n) is 11.7. The van der Waals surface area contributed by atoms with E-state index in [0.29, 0.717) is 30.1 Å². The van der Waals surface area contributed by atoms with Crippen LogP contribution in [-0.4, -0.2) is 34.3 Å². The first-order valence-corrected chi connectivity index (χ1v) is 12.6. The van der Waals surface area contributed by atoms with E-state index in [4.69, 9.17) is 0 Å². The second kappa shape index (κ2) is 9.29. The molecule has 1 aliphatic heterocycles. The van der Waals surface area contributed by atoms with Crippen molar-refractivity contribution in [1.82, 2.24) is 4.90 Å². The summed E-state index contributed by atoms with van der Waals surface area (Å²) >= 11 is 1.28. The monoisotopic (exact) mass is 468 g/mol. The Kier molecular flexibility index (Phi) is 6.61. The number of nitrogens with one attached hydrogen (secondary N) is 1. The molecule has 2 amide bonds. The summed E-state index contributed by atoms with van der Waals surface area (Å²) in [7, 11) is 0. The molecule has 2 aliphatic rings. The van der Waals surface area contributed by atoms with E-state index in [1.165, 1.54) is 17.8 Å². The number of rotatable bonds is 4. The number of fused-ring (bicyclic) bond motifs is 1. The van der Waals surface area contributed by atoms with E-state index in [9.17, 15) is 19.5 Å². The smallest absolute Gasteiger partial charge is 0.339 e. The lowest BCUT2D eigenvalue weighted by Crippen LogP contribution is -2.40. The van der Waals surface area contributed by atoms with Crippen LogP contribution in [0.15, 0.2) is 24.3 Å². The number of carbonyl (C=O) groups is 3. The number of anilines is 1. The van der Waals surface area contributed by atoms with E-state index in [-0.39, 0.29) is 28.7 Å². The van der Waals surface area contributed by atoms with Gasteiger partial charge in [0, 0.05) is 22.9 Å². The highest BCUT2D eigenvalue weighted by atomic mass is 32.1. The Bertz CT molecular complexity index is 1060. The number of carbonyl (C=O) groups excluding carboxylic acids is 2. The topological polar surface area (TPSA) is 86.7 Å². The van der Waals surface area contributed by atoms with Crippen molar-refractivity contribution in [2.45, 2.75) is 71.3 Å². The Morgan fingerprint density at radius 1 is 1.06 bits per heavy atom. The Morgan fingerprint density at radius 2 is 1.73 bits per heavy atom. The second-order valence-electron chi connectivity index (χ2n) is 10.1. The normalized spacial score (nSPS) is 16.9. The van der Waals surface area contributed by atoms with Gasteiger partial charge in [0.15, 0.2) is 0 Å². The number of hydrogen-bond acceptors (Lipinski definition) is 4. The molecule has 0 radical (unpaired) electrons. The van der Waals surface area contributed by atoms with Crippen LogP contribution in [-0.2, 0) is 23.2 Å². The minimum Gasteiger partial charge on any atom is -0.478 e. The summed E-state index contributed by atoms with van der Waals surface area (Å²) in [6.45, 7) is 7.28. The van der Waals surface area contributed by atoms with Gasteiger partial charge in [-0.1, -0.05) is 52.2 Å². The molecule has 0 unspecified atom stereocenters. The van der Waals surface area contributed by atoms with Crippen molar-refractivity contribution in [2.24, 2.45) is 5.92 Å². The van der Waals surface area contributed by atoms with Crippen molar-refractivity contribution < 1.29 is 19.5 Å². The fraction of sp³-hybridized carbons (Fsp3) is 0.500. The molecule has 1 aliphatic carbocycles. The fourth-order valence-corrected chi connectivity index (χ4v) is 6.06. The van der Waals surface area contributed by atoms with Gasteiger partial charge in [-0.3, -0.25) is 9.59 Å². The van der Waals surface area contributed by atoms with Crippen LogP contribution >= 0.6 is 11.3 Å². The molecule has 2 aromatic rings. The lowest BCUT2D eigenvalue weighted by atomic mass is 9.87. The van der Waals surface area contributed by atoms with Crippen molar-refractivity contribution in [3.8, 4) is 0 Å². The van der Waals surface area contributed by atoms with Gasteiger partial charge in [-0.2, -0.15) is 0 Å². The van der Waals surface area contributed by atoms with Crippen molar-refractivity contribution in [3.05, 3.63) is 51.4 Å². The molecule has 0 bridgehead atoms. The predicted molar refractivity (Wildman–Crippen MR) is 130 cm³/mol. The molecule has 2 N–H and O–H groups in total. The molecule has 176 valence electrons. The van der Waals surface area contributed by atoms with Gasteiger partial charge in [0.05, 0.1) is 12.1 Å². The number of aromatic carboxylic acids is 1. The predicted octanol–water partition coefficient (Wildman–Crippen LogP) is 5.46. The number of thiophene rings is 1. The highest BCUT2D eigenvalue weighted by Gasteiger charge is 2.33. The van der Waals surface area contributed by atoms with E-state index in [2.05, 4.69) is 26.1 Å². The van der Waals surface area contributed by atoms with Gasteiger partial charge in [0.25, 0.3) is 5.91 Å². The summed E-state index contributed by atoms with van der Waals surface area (Å²) in [5.74, 6) is -1.09. The number of carboxylic acid groups (broad SMARTS) is 1. The third kappa shape index (κ3) is 4.98. The lowest BCUT2D eigenvalue weighted by molar-refractivity contribution is -0.137. The van der Waals surface area contributed by atoms with Crippen molar-refractivity contribution in [2.75, 3.05) is 11.9 Å². The van der Waals surface area contributed by atoms with Crippen LogP contribution in [0, 0.1) is 5.92 Å². The zero-order valence-electron chi connectivity index (χ0n) is 19.6. The Morgan fingerprint density at radius 3 is 2.33 bits per heavy atom. The summed E-state index contributed by atoms with van der Waals surface area (Å²) in [6.07, 6.45) is 5.80. The highest BCUT2D eigenvalue weighted by molar-refractivity contribution is 7.17. The minimum atomic E-state index is -1.04. The van der Waals surface area contributed by atoms with Gasteiger partial charge in [0.2, 0.25) is 5.91 Å². The lowest BCUT2D eigenvalue weighted by Gasteiger charge is -2.32. The zero-order chi connectivity index (χ0) is 23.8. The van der Waals surface area contributed by atoms with Gasteiger partial charge in [-0.25, -0.2) is 4.79 Å². The molecule has 1 saturated carbocycles. The maximum absolute atomic E-state index is 13.0. The average Bonchev–Trinajstić information content (AvgIpc) is 3.15. The van der Waals surface area contributed by atoms with Crippen LogP contribution in [0.5, 0.6) is 0 Å². The Balaban J connectivity index is 1.53. The van der Waals surface area contributed by atoms with E-state index in [0.717, 1.165) is 41.7 Å². The van der Waals surface area contributed by atoms with Crippen LogP contribution in [0.25, 0.3) is 0 Å². The van der Waals surface area contributed by atoms with Gasteiger partial charge in [-0.05, 0) is 47.9 Å². The first kappa shape index (κ1) is 23.5. The van der Waals surface area contributed by atoms with Gasteiger partial charge < -0.3 is 15.3 Å². The standard InChI is InChI=1S/C26H32N2O4S/c1-26(2,3)18-11-9-16(10-12-18)22(29)27-23-21(25(31)32)19-13-14-28(15-20(19)33-23)24(30)17-7-5-4-6-8-17/h9-12,17H,4-8,13-15H2,1-3H3,(H,27,29)(H,31,32). The zero-order valence-corrected chi connectivity index (χ0v) is 20.4. The fourth-order valence-electron chi connectivity index (χ4n) is 4.81. The van der Waals surface area contributed by atoms with Gasteiger partial charge in [0.1, 0.15) is 5.00 Å². The number of nitrogens with zero attached hydrogens (tertiary/aromatic N) is 1.